The van der Waals surface area contributed by atoms with Gasteiger partial charge < -0.3 is 9.15 Å². The molecule has 11 nitrogen and oxygen atoms in total. The van der Waals surface area contributed by atoms with Gasteiger partial charge in [-0.15, -0.1) is 10.2 Å². The summed E-state index contributed by atoms with van der Waals surface area (Å²) in [6.45, 7) is 1.76. The highest BCUT2D eigenvalue weighted by molar-refractivity contribution is 7.89. The average Bonchev–Trinajstić information content (AvgIpc) is 3.48. The second kappa shape index (κ2) is 9.08. The number of esters is 1. The Labute approximate surface area is 189 Å². The third-order valence-corrected chi connectivity index (χ3v) is 7.16. The van der Waals surface area contributed by atoms with Crippen molar-refractivity contribution in [1.29, 1.82) is 0 Å². The highest BCUT2D eigenvalue weighted by atomic mass is 32.2. The fraction of sp³-hybridized carbons (Fsp3) is 0.286. The zero-order chi connectivity index (χ0) is 23.6. The fourth-order valence-corrected chi connectivity index (χ4v) is 5.14. The number of benzene rings is 2. The van der Waals surface area contributed by atoms with E-state index in [1.807, 2.05) is 6.92 Å². The van der Waals surface area contributed by atoms with Crippen molar-refractivity contribution in [3.05, 3.63) is 70.1 Å². The Morgan fingerprint density at radius 3 is 2.55 bits per heavy atom. The smallest absolute Gasteiger partial charge is 0.324 e. The van der Waals surface area contributed by atoms with E-state index in [-0.39, 0.29) is 35.5 Å². The van der Waals surface area contributed by atoms with Crippen molar-refractivity contribution in [3.63, 3.8) is 0 Å². The van der Waals surface area contributed by atoms with Crippen LogP contribution in [-0.4, -0.2) is 46.4 Å². The second-order valence-corrected chi connectivity index (χ2v) is 9.39. The summed E-state index contributed by atoms with van der Waals surface area (Å²) < 4.78 is 37.9. The second-order valence-electron chi connectivity index (χ2n) is 7.50. The molecule has 1 aliphatic rings. The average molecular weight is 472 g/mol. The Morgan fingerprint density at radius 1 is 1.18 bits per heavy atom. The van der Waals surface area contributed by atoms with Crippen LogP contribution < -0.4 is 0 Å². The number of aromatic nitrogens is 2. The van der Waals surface area contributed by atoms with Crippen molar-refractivity contribution in [2.24, 2.45) is 0 Å². The van der Waals surface area contributed by atoms with Gasteiger partial charge in [0.15, 0.2) is 6.61 Å². The lowest BCUT2D eigenvalue weighted by molar-refractivity contribution is -0.384. The monoisotopic (exact) mass is 472 g/mol. The van der Waals surface area contributed by atoms with Crippen LogP contribution in [-0.2, 0) is 26.2 Å². The Balaban J connectivity index is 1.41. The summed E-state index contributed by atoms with van der Waals surface area (Å²) in [6, 6.07) is 11.1. The SMILES string of the molecule is Cc1ccc(S(=O)(=O)N2CCC[C@H]2C(=O)OCc2nnc(-c3ccc([N+](=O)[O-])cc3)o2)cc1. The largest absolute Gasteiger partial charge is 0.454 e. The van der Waals surface area contributed by atoms with Crippen LogP contribution in [0.2, 0.25) is 0 Å². The molecule has 172 valence electrons. The van der Waals surface area contributed by atoms with Gasteiger partial charge in [-0.1, -0.05) is 17.7 Å². The Hall–Kier alpha value is -3.64. The van der Waals surface area contributed by atoms with Gasteiger partial charge in [0, 0.05) is 24.2 Å². The molecule has 1 aromatic heterocycles. The normalized spacial score (nSPS) is 16.6. The molecule has 0 unspecified atom stereocenters. The van der Waals surface area contributed by atoms with Crippen LogP contribution in [0.5, 0.6) is 0 Å². The zero-order valence-corrected chi connectivity index (χ0v) is 18.4. The maximum absolute atomic E-state index is 13.0. The van der Waals surface area contributed by atoms with Crippen molar-refractivity contribution >= 4 is 21.7 Å². The van der Waals surface area contributed by atoms with Gasteiger partial charge in [0.25, 0.3) is 11.6 Å². The first-order valence-corrected chi connectivity index (χ1v) is 11.5. The number of hydrogen-bond acceptors (Lipinski definition) is 9. The molecule has 0 bridgehead atoms. The maximum atomic E-state index is 13.0. The van der Waals surface area contributed by atoms with Gasteiger partial charge >= 0.3 is 5.97 Å². The van der Waals surface area contributed by atoms with Gasteiger partial charge in [0.05, 0.1) is 9.82 Å². The standard InChI is InChI=1S/C21H20N4O7S/c1-14-4-10-17(11-5-14)33(29,30)24-12-2-3-18(24)21(26)31-13-19-22-23-20(32-19)15-6-8-16(9-7-15)25(27)28/h4-11,18H,2-3,12-13H2,1H3/t18-/m0/s1. The van der Waals surface area contributed by atoms with Gasteiger partial charge in [0.1, 0.15) is 6.04 Å². The van der Waals surface area contributed by atoms with E-state index in [2.05, 4.69) is 10.2 Å². The van der Waals surface area contributed by atoms with Crippen LogP contribution in [0, 0.1) is 17.0 Å². The van der Waals surface area contributed by atoms with Crippen LogP contribution in [0.25, 0.3) is 11.5 Å². The number of sulfonamides is 1. The molecule has 0 amide bonds. The molecule has 12 heteroatoms. The molecule has 0 radical (unpaired) electrons. The lowest BCUT2D eigenvalue weighted by Crippen LogP contribution is -2.41. The van der Waals surface area contributed by atoms with Crippen LogP contribution >= 0.6 is 0 Å². The summed E-state index contributed by atoms with van der Waals surface area (Å²) in [5.74, 6) is -0.568. The number of nitrogens with zero attached hydrogens (tertiary/aromatic N) is 4. The van der Waals surface area contributed by atoms with Crippen molar-refractivity contribution in [2.45, 2.75) is 37.3 Å². The number of hydrogen-bond donors (Lipinski definition) is 0. The molecule has 1 fully saturated rings. The predicted molar refractivity (Wildman–Crippen MR) is 114 cm³/mol. The van der Waals surface area contributed by atoms with Crippen molar-refractivity contribution in [1.82, 2.24) is 14.5 Å². The highest BCUT2D eigenvalue weighted by Crippen LogP contribution is 2.27. The molecule has 2 heterocycles. The minimum Gasteiger partial charge on any atom is -0.454 e. The summed E-state index contributed by atoms with van der Waals surface area (Å²) in [5, 5.41) is 18.4. The third-order valence-electron chi connectivity index (χ3n) is 5.23. The molecule has 0 spiro atoms. The lowest BCUT2D eigenvalue weighted by Gasteiger charge is -2.22. The number of rotatable bonds is 7. The van der Waals surface area contributed by atoms with E-state index in [9.17, 15) is 23.3 Å². The summed E-state index contributed by atoms with van der Waals surface area (Å²) in [4.78, 5) is 23.0. The van der Waals surface area contributed by atoms with Crippen molar-refractivity contribution < 1.29 is 27.3 Å². The molecular weight excluding hydrogens is 452 g/mol. The summed E-state index contributed by atoms with van der Waals surface area (Å²) in [5.41, 5.74) is 1.32. The van der Waals surface area contributed by atoms with E-state index in [0.29, 0.717) is 18.4 Å². The minimum absolute atomic E-state index is 0.0163. The number of aryl methyl sites for hydroxylation is 1. The molecule has 33 heavy (non-hydrogen) atoms. The molecule has 4 rings (SSSR count). The molecule has 0 saturated carbocycles. The van der Waals surface area contributed by atoms with Crippen LogP contribution in [0.3, 0.4) is 0 Å². The quantitative estimate of drug-likeness (QED) is 0.288. The molecular formula is C21H20N4O7S. The maximum Gasteiger partial charge on any atom is 0.324 e. The van der Waals surface area contributed by atoms with Gasteiger partial charge in [-0.25, -0.2) is 8.42 Å². The first kappa shape index (κ1) is 22.6. The first-order valence-electron chi connectivity index (χ1n) is 10.1. The summed E-state index contributed by atoms with van der Waals surface area (Å²) >= 11 is 0. The summed E-state index contributed by atoms with van der Waals surface area (Å²) in [6.07, 6.45) is 0.886. The molecule has 1 saturated heterocycles. The number of nitro benzene ring substituents is 1. The van der Waals surface area contributed by atoms with Crippen molar-refractivity contribution in [2.75, 3.05) is 6.54 Å². The van der Waals surface area contributed by atoms with E-state index in [1.54, 1.807) is 12.1 Å². The van der Waals surface area contributed by atoms with Gasteiger partial charge in [-0.05, 0) is 44.0 Å². The molecule has 1 aliphatic heterocycles. The number of nitro groups is 1. The first-order chi connectivity index (χ1) is 15.8. The Bertz CT molecular complexity index is 1270. The van der Waals surface area contributed by atoms with Gasteiger partial charge in [0.2, 0.25) is 15.9 Å². The van der Waals surface area contributed by atoms with Crippen molar-refractivity contribution in [3.8, 4) is 11.5 Å². The molecule has 1 atom stereocenters. The number of ether oxygens (including phenoxy) is 1. The molecule has 0 N–H and O–H groups in total. The third kappa shape index (κ3) is 4.76. The van der Waals surface area contributed by atoms with E-state index in [1.165, 1.54) is 36.4 Å². The number of carbonyl (C=O) groups is 1. The van der Waals surface area contributed by atoms with E-state index in [4.69, 9.17) is 9.15 Å². The Kier molecular flexibility index (Phi) is 6.20. The summed E-state index contributed by atoms with van der Waals surface area (Å²) in [7, 11) is -3.84. The van der Waals surface area contributed by atoms with Gasteiger partial charge in [-0.2, -0.15) is 4.31 Å². The van der Waals surface area contributed by atoms with E-state index >= 15 is 0 Å². The molecule has 0 aliphatic carbocycles. The molecule has 2 aromatic carbocycles. The van der Waals surface area contributed by atoms with Gasteiger partial charge in [-0.3, -0.25) is 14.9 Å². The minimum atomic E-state index is -3.84. The van der Waals surface area contributed by atoms with Crippen LogP contribution in [0.1, 0.15) is 24.3 Å². The zero-order valence-electron chi connectivity index (χ0n) is 17.6. The predicted octanol–water partition coefficient (Wildman–Crippen LogP) is 2.85. The number of non-ortho nitro benzene ring substituents is 1. The van der Waals surface area contributed by atoms with Crippen LogP contribution in [0.15, 0.2) is 57.8 Å². The van der Waals surface area contributed by atoms with E-state index < -0.39 is 27.0 Å². The fourth-order valence-electron chi connectivity index (χ4n) is 3.49. The Morgan fingerprint density at radius 2 is 1.88 bits per heavy atom. The molecule has 3 aromatic rings. The van der Waals surface area contributed by atoms with Crippen LogP contribution in [0.4, 0.5) is 5.69 Å². The number of carbonyl (C=O) groups excluding carboxylic acids is 1. The topological polar surface area (TPSA) is 146 Å². The lowest BCUT2D eigenvalue weighted by atomic mass is 10.2. The highest BCUT2D eigenvalue weighted by Gasteiger charge is 2.40. The van der Waals surface area contributed by atoms with E-state index in [0.717, 1.165) is 9.87 Å².